The molecule has 3 unspecified atom stereocenters. The van der Waals surface area contributed by atoms with Crippen LogP contribution in [0.25, 0.3) is 0 Å². The summed E-state index contributed by atoms with van der Waals surface area (Å²) in [5.41, 5.74) is 1.67. The predicted molar refractivity (Wildman–Crippen MR) is 92.2 cm³/mol. The van der Waals surface area contributed by atoms with Gasteiger partial charge in [-0.3, -0.25) is 9.09 Å². The fraction of sp³-hybridized carbons (Fsp3) is 0.600. The average Bonchev–Trinajstić information content (AvgIpc) is 2.73. The summed E-state index contributed by atoms with van der Waals surface area (Å²) < 4.78 is 65.7. The number of nitrogens with zero attached hydrogens (tertiary/aromatic N) is 2. The van der Waals surface area contributed by atoms with E-state index < -0.39 is 59.9 Å². The normalized spacial score (nSPS) is 31.2. The van der Waals surface area contributed by atoms with Crippen LogP contribution >= 0.6 is 23.5 Å². The van der Waals surface area contributed by atoms with Crippen LogP contribution in [-0.4, -0.2) is 58.7 Å². The second kappa shape index (κ2) is 8.47. The number of phosphoric acid groups is 3. The molecule has 0 spiro atoms. The molecule has 1 aromatic rings. The second-order valence-electron chi connectivity index (χ2n) is 6.05. The van der Waals surface area contributed by atoms with Gasteiger partial charge in [0.2, 0.25) is 0 Å². The third-order valence-corrected chi connectivity index (χ3v) is 7.44. The molecule has 1 fully saturated rings. The van der Waals surface area contributed by atoms with Gasteiger partial charge in [-0.05, 0) is 13.0 Å². The van der Waals surface area contributed by atoms with Gasteiger partial charge in [0.15, 0.2) is 11.9 Å². The van der Waals surface area contributed by atoms with Crippen molar-refractivity contribution in [3.05, 3.63) is 22.7 Å². The number of halogens is 1. The fourth-order valence-corrected chi connectivity index (χ4v) is 5.46. The Bertz CT molecular complexity index is 995. The molecular formula is C10H17FN3O13P3. The number of nitrogen functional groups attached to an aromatic ring is 1. The third-order valence-electron chi connectivity index (χ3n) is 3.64. The van der Waals surface area contributed by atoms with Crippen LogP contribution in [0.2, 0.25) is 0 Å². The van der Waals surface area contributed by atoms with Gasteiger partial charge in [-0.25, -0.2) is 22.9 Å². The number of anilines is 1. The highest BCUT2D eigenvalue weighted by atomic mass is 31.3. The van der Waals surface area contributed by atoms with Crippen molar-refractivity contribution in [3.63, 3.8) is 0 Å². The van der Waals surface area contributed by atoms with Crippen LogP contribution in [0.5, 0.6) is 0 Å². The first kappa shape index (κ1) is 25.2. The molecule has 7 N–H and O–H groups in total. The van der Waals surface area contributed by atoms with E-state index in [4.69, 9.17) is 25.2 Å². The average molecular weight is 499 g/mol. The number of ether oxygens (including phenoxy) is 1. The molecule has 20 heteroatoms. The van der Waals surface area contributed by atoms with Gasteiger partial charge in [-0.15, -0.1) is 0 Å². The van der Waals surface area contributed by atoms with E-state index in [-0.39, 0.29) is 5.82 Å². The molecule has 16 nitrogen and oxygen atoms in total. The molecule has 0 radical (unpaired) electrons. The topological polar surface area (TPSA) is 250 Å². The Kier molecular flexibility index (Phi) is 7.11. The van der Waals surface area contributed by atoms with Crippen LogP contribution in [-0.2, 0) is 31.6 Å². The summed E-state index contributed by atoms with van der Waals surface area (Å²) in [5.74, 6) is -0.167. The predicted octanol–water partition coefficient (Wildman–Crippen LogP) is -0.845. The van der Waals surface area contributed by atoms with Gasteiger partial charge in [0.05, 0.1) is 6.61 Å². The van der Waals surface area contributed by atoms with E-state index in [2.05, 4.69) is 18.1 Å². The Labute approximate surface area is 166 Å². The van der Waals surface area contributed by atoms with Crippen molar-refractivity contribution in [2.24, 2.45) is 0 Å². The monoisotopic (exact) mass is 499 g/mol. The Morgan fingerprint density at radius 2 is 1.87 bits per heavy atom. The third kappa shape index (κ3) is 6.23. The SMILES string of the molecule is CC1(F)[C@@H](O)[C@@H](COP(=O)(O)OP(=O)(O)OP(=O)(O)O)O[C@H]1n1ccc(N)nc1=O. The van der Waals surface area contributed by atoms with Crippen molar-refractivity contribution < 1.29 is 60.6 Å². The van der Waals surface area contributed by atoms with E-state index in [0.29, 0.717) is 4.57 Å². The summed E-state index contributed by atoms with van der Waals surface area (Å²) in [6.07, 6.45) is -4.45. The molecule has 6 atom stereocenters. The molecule has 0 bridgehead atoms. The molecule has 0 aliphatic carbocycles. The highest BCUT2D eigenvalue weighted by Gasteiger charge is 2.56. The summed E-state index contributed by atoms with van der Waals surface area (Å²) in [5, 5.41) is 10.1. The van der Waals surface area contributed by atoms with E-state index in [0.717, 1.165) is 19.2 Å². The van der Waals surface area contributed by atoms with Crippen molar-refractivity contribution >= 4 is 29.3 Å². The molecule has 2 rings (SSSR count). The lowest BCUT2D eigenvalue weighted by atomic mass is 9.98. The van der Waals surface area contributed by atoms with Crippen LogP contribution in [0.4, 0.5) is 10.2 Å². The van der Waals surface area contributed by atoms with Crippen LogP contribution in [0.1, 0.15) is 13.2 Å². The van der Waals surface area contributed by atoms with Crippen molar-refractivity contribution in [3.8, 4) is 0 Å². The van der Waals surface area contributed by atoms with E-state index in [1.54, 1.807) is 0 Å². The highest BCUT2D eigenvalue weighted by molar-refractivity contribution is 7.66. The summed E-state index contributed by atoms with van der Waals surface area (Å²) in [6, 6.07) is 1.15. The van der Waals surface area contributed by atoms with Gasteiger partial charge < -0.3 is 35.2 Å². The molecule has 172 valence electrons. The Morgan fingerprint density at radius 1 is 1.27 bits per heavy atom. The minimum Gasteiger partial charge on any atom is -0.387 e. The highest BCUT2D eigenvalue weighted by Crippen LogP contribution is 2.66. The second-order valence-corrected chi connectivity index (χ2v) is 10.5. The Balaban J connectivity index is 2.12. The van der Waals surface area contributed by atoms with Crippen molar-refractivity contribution in [2.45, 2.75) is 31.0 Å². The van der Waals surface area contributed by atoms with Gasteiger partial charge in [0, 0.05) is 6.20 Å². The number of aromatic nitrogens is 2. The zero-order chi connectivity index (χ0) is 23.1. The maximum Gasteiger partial charge on any atom is 0.490 e. The quantitative estimate of drug-likeness (QED) is 0.238. The zero-order valence-corrected chi connectivity index (χ0v) is 17.5. The largest absolute Gasteiger partial charge is 0.490 e. The van der Waals surface area contributed by atoms with E-state index >= 15 is 0 Å². The first-order valence-electron chi connectivity index (χ1n) is 7.59. The number of aliphatic hydroxyl groups is 1. The lowest BCUT2D eigenvalue weighted by molar-refractivity contribution is -0.0603. The standard InChI is InChI=1S/C10H17FN3O13P3/c1-10(11)7(15)5(25-8(10)14-3-2-6(12)13-9(14)16)4-24-29(20,21)27-30(22,23)26-28(17,18)19/h2-3,5,7-8,15H,4H2,1H3,(H,20,21)(H,22,23)(H2,12,13,16)(H2,17,18,19)/t5-,7+,8-,10?/m1/s1. The number of alkyl halides is 1. The van der Waals surface area contributed by atoms with Crippen LogP contribution in [0, 0.1) is 0 Å². The molecule has 0 amide bonds. The minimum atomic E-state index is -5.75. The zero-order valence-electron chi connectivity index (χ0n) is 14.8. The number of aliphatic hydroxyl groups excluding tert-OH is 1. The van der Waals surface area contributed by atoms with Gasteiger partial charge >= 0.3 is 29.2 Å². The minimum absolute atomic E-state index is 0.167. The molecule has 1 aromatic heterocycles. The first-order chi connectivity index (χ1) is 13.4. The molecule has 30 heavy (non-hydrogen) atoms. The first-order valence-corrected chi connectivity index (χ1v) is 12.1. The number of nitrogens with two attached hydrogens (primary N) is 1. The van der Waals surface area contributed by atoms with Crippen molar-refractivity contribution in [1.29, 1.82) is 0 Å². The van der Waals surface area contributed by atoms with E-state index in [1.165, 1.54) is 0 Å². The Hall–Kier alpha value is -1.06. The number of rotatable bonds is 8. The lowest BCUT2D eigenvalue weighted by Gasteiger charge is -2.24. The van der Waals surface area contributed by atoms with Crippen LogP contribution < -0.4 is 11.4 Å². The summed E-state index contributed by atoms with van der Waals surface area (Å²) in [7, 11) is -16.9. The summed E-state index contributed by atoms with van der Waals surface area (Å²) in [4.78, 5) is 50.6. The van der Waals surface area contributed by atoms with Crippen molar-refractivity contribution in [2.75, 3.05) is 12.3 Å². The molecule has 1 aliphatic heterocycles. The van der Waals surface area contributed by atoms with Gasteiger partial charge in [-0.1, -0.05) is 0 Å². The summed E-state index contributed by atoms with van der Waals surface area (Å²) >= 11 is 0. The maximum atomic E-state index is 15.0. The van der Waals surface area contributed by atoms with Crippen LogP contribution in [0.15, 0.2) is 17.1 Å². The molecule has 1 aliphatic rings. The van der Waals surface area contributed by atoms with E-state index in [9.17, 15) is 32.9 Å². The van der Waals surface area contributed by atoms with Crippen molar-refractivity contribution in [1.82, 2.24) is 9.55 Å². The Morgan fingerprint density at radius 3 is 2.40 bits per heavy atom. The van der Waals surface area contributed by atoms with Gasteiger partial charge in [0.1, 0.15) is 18.0 Å². The number of hydrogen-bond donors (Lipinski definition) is 6. The van der Waals surface area contributed by atoms with E-state index in [1.807, 2.05) is 0 Å². The number of phosphoric ester groups is 1. The lowest BCUT2D eigenvalue weighted by Crippen LogP contribution is -2.43. The molecule has 0 aromatic carbocycles. The van der Waals surface area contributed by atoms with Gasteiger partial charge in [0.25, 0.3) is 0 Å². The fourth-order valence-electron chi connectivity index (χ4n) is 2.43. The smallest absolute Gasteiger partial charge is 0.387 e. The molecule has 0 saturated carbocycles. The maximum absolute atomic E-state index is 15.0. The summed E-state index contributed by atoms with van der Waals surface area (Å²) in [6.45, 7) is -0.256. The molecule has 2 heterocycles. The van der Waals surface area contributed by atoms with Gasteiger partial charge in [-0.2, -0.15) is 13.6 Å². The number of hydrogen-bond acceptors (Lipinski definition) is 11. The molecular weight excluding hydrogens is 482 g/mol. The molecule has 1 saturated heterocycles. The van der Waals surface area contributed by atoms with Crippen LogP contribution in [0.3, 0.4) is 0 Å².